The van der Waals surface area contributed by atoms with Crippen molar-refractivity contribution in [1.82, 2.24) is 0 Å². The van der Waals surface area contributed by atoms with Crippen LogP contribution in [0.1, 0.15) is 106 Å². The standard InChI is InChI=1S/C39H48O6/c1-5-7-9-11-12-14-28-43-30(4)38(41)44-35-24-20-32(21-25-35)31-16-18-34(19-17-31)39(42)45-36-26-22-33(23-27-36)37(40)29(3)15-13-10-8-6-2/h5,16-27,29-30H,1,6-15,28H2,2-4H3/t29-,30+/m0/s1. The zero-order chi connectivity index (χ0) is 32.4. The van der Waals surface area contributed by atoms with E-state index in [-0.39, 0.29) is 11.7 Å². The molecule has 6 nitrogen and oxygen atoms in total. The van der Waals surface area contributed by atoms with Crippen LogP contribution in [0.25, 0.3) is 11.1 Å². The van der Waals surface area contributed by atoms with Crippen LogP contribution < -0.4 is 9.47 Å². The summed E-state index contributed by atoms with van der Waals surface area (Å²) in [5.74, 6) is 0.0207. The molecule has 0 bridgehead atoms. The van der Waals surface area contributed by atoms with Gasteiger partial charge in [0.25, 0.3) is 0 Å². The van der Waals surface area contributed by atoms with E-state index < -0.39 is 18.0 Å². The van der Waals surface area contributed by atoms with Crippen molar-refractivity contribution in [2.75, 3.05) is 6.61 Å². The average Bonchev–Trinajstić information content (AvgIpc) is 3.06. The van der Waals surface area contributed by atoms with Crippen LogP contribution >= 0.6 is 0 Å². The fraction of sp³-hybridized carbons (Fsp3) is 0.410. The van der Waals surface area contributed by atoms with Crippen molar-refractivity contribution >= 4 is 17.7 Å². The largest absolute Gasteiger partial charge is 0.425 e. The highest BCUT2D eigenvalue weighted by atomic mass is 16.6. The number of carbonyl (C=O) groups is 3. The van der Waals surface area contributed by atoms with Crippen LogP contribution in [-0.2, 0) is 9.53 Å². The van der Waals surface area contributed by atoms with E-state index in [4.69, 9.17) is 14.2 Å². The predicted octanol–water partition coefficient (Wildman–Crippen LogP) is 9.81. The molecular formula is C39H48O6. The Balaban J connectivity index is 1.46. The fourth-order valence-corrected chi connectivity index (χ4v) is 4.93. The molecule has 0 aliphatic heterocycles. The summed E-state index contributed by atoms with van der Waals surface area (Å²) in [6, 6.07) is 21.1. The molecule has 0 aliphatic rings. The molecule has 0 spiro atoms. The number of benzene rings is 3. The van der Waals surface area contributed by atoms with Crippen molar-refractivity contribution in [2.45, 2.75) is 91.1 Å². The van der Waals surface area contributed by atoms with Gasteiger partial charge in [-0.1, -0.05) is 82.7 Å². The molecule has 0 heterocycles. The minimum absolute atomic E-state index is 0.0271. The number of unbranched alkanes of at least 4 members (excludes halogenated alkanes) is 7. The second kappa shape index (κ2) is 19.4. The zero-order valence-corrected chi connectivity index (χ0v) is 27.1. The molecule has 45 heavy (non-hydrogen) atoms. The molecular weight excluding hydrogens is 564 g/mol. The lowest BCUT2D eigenvalue weighted by Crippen LogP contribution is -2.26. The van der Waals surface area contributed by atoms with E-state index in [1.165, 1.54) is 12.8 Å². The second-order valence-electron chi connectivity index (χ2n) is 11.6. The van der Waals surface area contributed by atoms with Gasteiger partial charge in [0.1, 0.15) is 11.5 Å². The van der Waals surface area contributed by atoms with Crippen molar-refractivity contribution in [2.24, 2.45) is 5.92 Å². The Kier molecular flexibility index (Phi) is 15.3. The Hall–Kier alpha value is -4.03. The molecule has 6 heteroatoms. The summed E-state index contributed by atoms with van der Waals surface area (Å²) in [6.07, 6.45) is 12.0. The van der Waals surface area contributed by atoms with Crippen LogP contribution in [0.5, 0.6) is 11.5 Å². The molecule has 0 saturated heterocycles. The van der Waals surface area contributed by atoms with Gasteiger partial charge in [0.15, 0.2) is 11.9 Å². The molecule has 240 valence electrons. The van der Waals surface area contributed by atoms with E-state index in [1.807, 2.05) is 37.3 Å². The SMILES string of the molecule is C=CCCCCCCO[C@H](C)C(=O)Oc1ccc(-c2ccc(C(=O)Oc3ccc(C(=O)[C@@H](C)CCCCCC)cc3)cc2)cc1. The molecule has 3 rings (SSSR count). The van der Waals surface area contributed by atoms with E-state index >= 15 is 0 Å². The van der Waals surface area contributed by atoms with Gasteiger partial charge in [-0.15, -0.1) is 6.58 Å². The molecule has 0 radical (unpaired) electrons. The Morgan fingerprint density at radius 2 is 1.24 bits per heavy atom. The van der Waals surface area contributed by atoms with Crippen molar-refractivity contribution in [3.8, 4) is 22.6 Å². The van der Waals surface area contributed by atoms with Gasteiger partial charge in [0, 0.05) is 18.1 Å². The first-order valence-electron chi connectivity index (χ1n) is 16.3. The fourth-order valence-electron chi connectivity index (χ4n) is 4.93. The Bertz CT molecular complexity index is 1340. The summed E-state index contributed by atoms with van der Waals surface area (Å²) in [5, 5.41) is 0. The molecule has 0 fully saturated rings. The summed E-state index contributed by atoms with van der Waals surface area (Å²) in [4.78, 5) is 37.9. The number of ether oxygens (including phenoxy) is 3. The molecule has 3 aromatic rings. The zero-order valence-electron chi connectivity index (χ0n) is 27.1. The number of hydrogen-bond donors (Lipinski definition) is 0. The van der Waals surface area contributed by atoms with Crippen molar-refractivity contribution in [3.05, 3.63) is 96.6 Å². The van der Waals surface area contributed by atoms with E-state index in [2.05, 4.69) is 13.5 Å². The van der Waals surface area contributed by atoms with Gasteiger partial charge in [0.2, 0.25) is 0 Å². The molecule has 0 unspecified atom stereocenters. The third-order valence-electron chi connectivity index (χ3n) is 7.82. The van der Waals surface area contributed by atoms with Gasteiger partial charge in [0.05, 0.1) is 5.56 Å². The van der Waals surface area contributed by atoms with Crippen LogP contribution in [0.15, 0.2) is 85.5 Å². The maximum absolute atomic E-state index is 12.7. The summed E-state index contributed by atoms with van der Waals surface area (Å²) in [6.45, 7) is 10.1. The first kappa shape index (κ1) is 35.4. The number of allylic oxidation sites excluding steroid dienone is 1. The topological polar surface area (TPSA) is 78.9 Å². The molecule has 2 atom stereocenters. The number of hydrogen-bond acceptors (Lipinski definition) is 6. The van der Waals surface area contributed by atoms with Crippen LogP contribution in [0.3, 0.4) is 0 Å². The Labute approximate surface area is 268 Å². The lowest BCUT2D eigenvalue weighted by Gasteiger charge is -2.13. The van der Waals surface area contributed by atoms with Crippen LogP contribution in [0.2, 0.25) is 0 Å². The number of Topliss-reactive ketones (excluding diaryl/α,β-unsaturated/α-hetero) is 1. The van der Waals surface area contributed by atoms with Gasteiger partial charge < -0.3 is 14.2 Å². The highest BCUT2D eigenvalue weighted by Crippen LogP contribution is 2.24. The summed E-state index contributed by atoms with van der Waals surface area (Å²) < 4.78 is 16.7. The number of carbonyl (C=O) groups excluding carboxylic acids is 3. The minimum atomic E-state index is -0.639. The maximum atomic E-state index is 12.7. The van der Waals surface area contributed by atoms with E-state index in [0.717, 1.165) is 62.5 Å². The normalized spacial score (nSPS) is 12.2. The molecule has 0 amide bonds. The highest BCUT2D eigenvalue weighted by molar-refractivity contribution is 5.98. The molecule has 0 aromatic heterocycles. The smallest absolute Gasteiger partial charge is 0.343 e. The summed E-state index contributed by atoms with van der Waals surface area (Å²) in [7, 11) is 0. The third kappa shape index (κ3) is 12.1. The van der Waals surface area contributed by atoms with E-state index in [1.54, 1.807) is 55.5 Å². The van der Waals surface area contributed by atoms with Gasteiger partial charge >= 0.3 is 11.9 Å². The number of ketones is 1. The predicted molar refractivity (Wildman–Crippen MR) is 180 cm³/mol. The molecule has 0 saturated carbocycles. The van der Waals surface area contributed by atoms with Crippen molar-refractivity contribution in [1.29, 1.82) is 0 Å². The van der Waals surface area contributed by atoms with Crippen molar-refractivity contribution < 1.29 is 28.6 Å². The van der Waals surface area contributed by atoms with Crippen molar-refractivity contribution in [3.63, 3.8) is 0 Å². The van der Waals surface area contributed by atoms with Gasteiger partial charge in [-0.05, 0) is 92.3 Å². The van der Waals surface area contributed by atoms with E-state index in [9.17, 15) is 14.4 Å². The molecule has 0 aliphatic carbocycles. The number of rotatable bonds is 20. The van der Waals surface area contributed by atoms with E-state index in [0.29, 0.717) is 29.2 Å². The van der Waals surface area contributed by atoms with Crippen LogP contribution in [-0.4, -0.2) is 30.4 Å². The Morgan fingerprint density at radius 1 is 0.689 bits per heavy atom. The third-order valence-corrected chi connectivity index (χ3v) is 7.82. The Morgan fingerprint density at radius 3 is 1.89 bits per heavy atom. The minimum Gasteiger partial charge on any atom is -0.425 e. The van der Waals surface area contributed by atoms with Gasteiger partial charge in [-0.3, -0.25) is 4.79 Å². The monoisotopic (exact) mass is 612 g/mol. The quantitative estimate of drug-likeness (QED) is 0.0415. The maximum Gasteiger partial charge on any atom is 0.343 e. The van der Waals surface area contributed by atoms with Gasteiger partial charge in [-0.25, -0.2) is 9.59 Å². The highest BCUT2D eigenvalue weighted by Gasteiger charge is 2.17. The van der Waals surface area contributed by atoms with Crippen LogP contribution in [0.4, 0.5) is 0 Å². The summed E-state index contributed by atoms with van der Waals surface area (Å²) in [5.41, 5.74) is 2.86. The first-order chi connectivity index (χ1) is 21.8. The van der Waals surface area contributed by atoms with Gasteiger partial charge in [-0.2, -0.15) is 0 Å². The first-order valence-corrected chi connectivity index (χ1v) is 16.3. The lowest BCUT2D eigenvalue weighted by molar-refractivity contribution is -0.146. The lowest BCUT2D eigenvalue weighted by atomic mass is 9.94. The summed E-state index contributed by atoms with van der Waals surface area (Å²) >= 11 is 0. The number of esters is 2. The molecule has 3 aromatic carbocycles. The second-order valence-corrected chi connectivity index (χ2v) is 11.6. The average molecular weight is 613 g/mol. The van der Waals surface area contributed by atoms with Crippen LogP contribution in [0, 0.1) is 5.92 Å². The molecule has 0 N–H and O–H groups in total.